The van der Waals surface area contributed by atoms with Gasteiger partial charge in [0.1, 0.15) is 0 Å². The second-order valence-corrected chi connectivity index (χ2v) is 8.65. The molecule has 2 amide bonds. The molecule has 174 valence electrons. The minimum Gasteiger partial charge on any atom is -0.382 e. The lowest BCUT2D eigenvalue weighted by Crippen LogP contribution is -2.44. The van der Waals surface area contributed by atoms with Crippen LogP contribution in [0.15, 0.2) is 48.5 Å². The van der Waals surface area contributed by atoms with Crippen molar-refractivity contribution in [1.29, 1.82) is 0 Å². The third-order valence-corrected chi connectivity index (χ3v) is 6.19. The van der Waals surface area contributed by atoms with Crippen LogP contribution in [0.4, 0.5) is 5.95 Å². The van der Waals surface area contributed by atoms with Crippen LogP contribution in [-0.4, -0.2) is 52.6 Å². The Morgan fingerprint density at radius 1 is 1.18 bits per heavy atom. The first-order valence-corrected chi connectivity index (χ1v) is 11.8. The number of hydrogen-bond donors (Lipinski definition) is 1. The fraction of sp³-hybridized carbons (Fsp3) is 0.400. The summed E-state index contributed by atoms with van der Waals surface area (Å²) in [5.74, 6) is 0.0721. The number of nitrogens with one attached hydrogen (secondary N) is 1. The molecule has 7 nitrogen and oxygen atoms in total. The van der Waals surface area contributed by atoms with Crippen molar-refractivity contribution in [2.45, 2.75) is 32.7 Å². The first kappa shape index (κ1) is 23.3. The molecule has 3 aromatic rings. The number of aryl methyl sites for hydroxylation is 1. The number of rotatable bonds is 8. The number of ether oxygens (including phenoxy) is 1. The van der Waals surface area contributed by atoms with E-state index in [4.69, 9.17) is 16.3 Å². The van der Waals surface area contributed by atoms with Crippen LogP contribution < -0.4 is 5.32 Å². The maximum absolute atomic E-state index is 13.2. The number of anilines is 1. The van der Waals surface area contributed by atoms with E-state index < -0.39 is 0 Å². The van der Waals surface area contributed by atoms with Crippen LogP contribution in [-0.2, 0) is 16.1 Å². The van der Waals surface area contributed by atoms with Crippen LogP contribution in [0, 0.1) is 5.92 Å². The Morgan fingerprint density at radius 3 is 2.76 bits per heavy atom. The Hall–Kier alpha value is -2.90. The standard InChI is InChI=1S/C25H29ClN4O3/c1-2-33-16-6-15-30-22-9-4-3-8-21(22)27-25(30)28-23(31)19-7-5-14-29(17-19)24(32)18-10-12-20(26)13-11-18/h3-4,8-13,19H,2,5-7,14-17H2,1H3,(H,27,28,31). The molecule has 0 saturated carbocycles. The van der Waals surface area contributed by atoms with Gasteiger partial charge in [-0.05, 0) is 62.6 Å². The minimum absolute atomic E-state index is 0.0765. The Bertz CT molecular complexity index is 1110. The van der Waals surface area contributed by atoms with Crippen molar-refractivity contribution in [3.8, 4) is 0 Å². The van der Waals surface area contributed by atoms with E-state index in [0.717, 1.165) is 30.3 Å². The Kier molecular flexibility index (Phi) is 7.62. The molecule has 1 fully saturated rings. The number of carbonyl (C=O) groups excluding carboxylic acids is 2. The molecule has 4 rings (SSSR count). The zero-order valence-electron chi connectivity index (χ0n) is 18.8. The van der Waals surface area contributed by atoms with Gasteiger partial charge in [0, 0.05) is 43.4 Å². The van der Waals surface area contributed by atoms with Gasteiger partial charge in [0.2, 0.25) is 11.9 Å². The van der Waals surface area contributed by atoms with Crippen molar-refractivity contribution in [2.24, 2.45) is 5.92 Å². The molecular weight excluding hydrogens is 440 g/mol. The maximum atomic E-state index is 13.2. The van der Waals surface area contributed by atoms with Gasteiger partial charge in [-0.15, -0.1) is 0 Å². The van der Waals surface area contributed by atoms with Crippen LogP contribution in [0.5, 0.6) is 0 Å². The monoisotopic (exact) mass is 468 g/mol. The first-order chi connectivity index (χ1) is 16.1. The second-order valence-electron chi connectivity index (χ2n) is 8.21. The summed E-state index contributed by atoms with van der Waals surface area (Å²) in [5.41, 5.74) is 2.40. The average Bonchev–Trinajstić information content (AvgIpc) is 3.19. The Morgan fingerprint density at radius 2 is 1.97 bits per heavy atom. The molecule has 1 N–H and O–H groups in total. The highest BCUT2D eigenvalue weighted by atomic mass is 35.5. The fourth-order valence-electron chi connectivity index (χ4n) is 4.23. The number of halogens is 1. The number of likely N-dealkylation sites (tertiary alicyclic amines) is 1. The SMILES string of the molecule is CCOCCCn1c(NC(=O)C2CCCN(C(=O)c3ccc(Cl)cc3)C2)nc2ccccc21. The third kappa shape index (κ3) is 5.54. The summed E-state index contributed by atoms with van der Waals surface area (Å²) in [6.45, 7) is 5.03. The van der Waals surface area contributed by atoms with E-state index in [-0.39, 0.29) is 17.7 Å². The molecule has 2 heterocycles. The molecule has 1 saturated heterocycles. The van der Waals surface area contributed by atoms with E-state index in [1.165, 1.54) is 0 Å². The molecule has 1 aliphatic heterocycles. The van der Waals surface area contributed by atoms with E-state index in [9.17, 15) is 9.59 Å². The minimum atomic E-state index is -0.285. The van der Waals surface area contributed by atoms with Gasteiger partial charge in [0.05, 0.1) is 17.0 Å². The molecule has 1 aliphatic rings. The van der Waals surface area contributed by atoms with Crippen LogP contribution in [0.2, 0.25) is 5.02 Å². The van der Waals surface area contributed by atoms with Gasteiger partial charge in [-0.3, -0.25) is 14.9 Å². The van der Waals surface area contributed by atoms with Gasteiger partial charge in [-0.25, -0.2) is 4.98 Å². The fourth-order valence-corrected chi connectivity index (χ4v) is 4.36. The van der Waals surface area contributed by atoms with Crippen LogP contribution in [0.1, 0.15) is 36.5 Å². The summed E-state index contributed by atoms with van der Waals surface area (Å²) in [4.78, 5) is 32.5. The smallest absolute Gasteiger partial charge is 0.253 e. The summed E-state index contributed by atoms with van der Waals surface area (Å²) in [7, 11) is 0. The highest BCUT2D eigenvalue weighted by Gasteiger charge is 2.30. The second kappa shape index (κ2) is 10.8. The van der Waals surface area contributed by atoms with Gasteiger partial charge in [-0.1, -0.05) is 23.7 Å². The summed E-state index contributed by atoms with van der Waals surface area (Å²) in [5, 5.41) is 3.62. The summed E-state index contributed by atoms with van der Waals surface area (Å²) < 4.78 is 7.50. The van der Waals surface area contributed by atoms with Crippen LogP contribution in [0.25, 0.3) is 11.0 Å². The van der Waals surface area contributed by atoms with Crippen molar-refractivity contribution < 1.29 is 14.3 Å². The molecule has 0 bridgehead atoms. The van der Waals surface area contributed by atoms with E-state index in [1.807, 2.05) is 35.8 Å². The maximum Gasteiger partial charge on any atom is 0.253 e. The largest absolute Gasteiger partial charge is 0.382 e. The topological polar surface area (TPSA) is 76.5 Å². The summed E-state index contributed by atoms with van der Waals surface area (Å²) in [6, 6.07) is 14.7. The van der Waals surface area contributed by atoms with Crippen molar-refractivity contribution in [3.63, 3.8) is 0 Å². The van der Waals surface area contributed by atoms with E-state index in [1.54, 1.807) is 29.2 Å². The summed E-state index contributed by atoms with van der Waals surface area (Å²) >= 11 is 5.94. The van der Waals surface area contributed by atoms with Crippen LogP contribution >= 0.6 is 11.6 Å². The molecule has 0 aliphatic carbocycles. The van der Waals surface area contributed by atoms with Gasteiger partial charge < -0.3 is 14.2 Å². The molecule has 0 radical (unpaired) electrons. The molecule has 33 heavy (non-hydrogen) atoms. The summed E-state index contributed by atoms with van der Waals surface area (Å²) in [6.07, 6.45) is 2.34. The zero-order valence-corrected chi connectivity index (χ0v) is 19.6. The number of amides is 2. The van der Waals surface area contributed by atoms with Crippen molar-refractivity contribution >= 4 is 40.4 Å². The molecule has 0 spiro atoms. The Labute approximate surface area is 198 Å². The number of aromatic nitrogens is 2. The molecule has 8 heteroatoms. The molecule has 1 aromatic heterocycles. The van der Waals surface area contributed by atoms with Crippen LogP contribution in [0.3, 0.4) is 0 Å². The lowest BCUT2D eigenvalue weighted by Gasteiger charge is -2.32. The highest BCUT2D eigenvalue weighted by molar-refractivity contribution is 6.30. The number of imidazole rings is 1. The number of nitrogens with zero attached hydrogens (tertiary/aromatic N) is 3. The Balaban J connectivity index is 1.46. The zero-order chi connectivity index (χ0) is 23.2. The number of piperidine rings is 1. The van der Waals surface area contributed by atoms with Crippen molar-refractivity contribution in [2.75, 3.05) is 31.6 Å². The van der Waals surface area contributed by atoms with E-state index in [0.29, 0.717) is 49.4 Å². The third-order valence-electron chi connectivity index (χ3n) is 5.93. The molecule has 2 aromatic carbocycles. The van der Waals surface area contributed by atoms with Gasteiger partial charge in [0.25, 0.3) is 5.91 Å². The molecular formula is C25H29ClN4O3. The highest BCUT2D eigenvalue weighted by Crippen LogP contribution is 2.24. The first-order valence-electron chi connectivity index (χ1n) is 11.5. The molecule has 1 atom stereocenters. The lowest BCUT2D eigenvalue weighted by atomic mass is 9.96. The molecule has 1 unspecified atom stereocenters. The predicted octanol–water partition coefficient (Wildman–Crippen LogP) is 4.61. The number of carbonyl (C=O) groups is 2. The predicted molar refractivity (Wildman–Crippen MR) is 130 cm³/mol. The van der Waals surface area contributed by atoms with Gasteiger partial charge >= 0.3 is 0 Å². The van der Waals surface area contributed by atoms with Gasteiger partial charge in [-0.2, -0.15) is 0 Å². The van der Waals surface area contributed by atoms with Crippen molar-refractivity contribution in [1.82, 2.24) is 14.5 Å². The number of hydrogen-bond acceptors (Lipinski definition) is 4. The number of benzene rings is 2. The quantitative estimate of drug-likeness (QED) is 0.490. The average molecular weight is 469 g/mol. The number of fused-ring (bicyclic) bond motifs is 1. The number of para-hydroxylation sites is 2. The normalized spacial score (nSPS) is 16.2. The van der Waals surface area contributed by atoms with E-state index >= 15 is 0 Å². The van der Waals surface area contributed by atoms with Gasteiger partial charge in [0.15, 0.2) is 0 Å². The van der Waals surface area contributed by atoms with E-state index in [2.05, 4.69) is 10.3 Å². The van der Waals surface area contributed by atoms with Crippen molar-refractivity contribution in [3.05, 3.63) is 59.1 Å². The lowest BCUT2D eigenvalue weighted by molar-refractivity contribution is -0.121.